The largest absolute Gasteiger partial charge is 0.493 e. The Morgan fingerprint density at radius 1 is 1.03 bits per heavy atom. The molecule has 0 bridgehead atoms. The zero-order valence-corrected chi connectivity index (χ0v) is 20.9. The van der Waals surface area contributed by atoms with Gasteiger partial charge in [0.05, 0.1) is 17.7 Å². The normalized spacial score (nSPS) is 16.0. The van der Waals surface area contributed by atoms with Gasteiger partial charge in [0, 0.05) is 11.5 Å². The van der Waals surface area contributed by atoms with Crippen molar-refractivity contribution in [3.05, 3.63) is 92.8 Å². The van der Waals surface area contributed by atoms with Gasteiger partial charge in [-0.2, -0.15) is 0 Å². The van der Waals surface area contributed by atoms with E-state index in [0.717, 1.165) is 21.3 Å². The molecule has 0 unspecified atom stereocenters. The average Bonchev–Trinajstić information content (AvgIpc) is 3.08. The predicted octanol–water partition coefficient (Wildman–Crippen LogP) is 6.58. The van der Waals surface area contributed by atoms with E-state index in [1.807, 2.05) is 79.7 Å². The summed E-state index contributed by atoms with van der Waals surface area (Å²) >= 11 is 4.79. The third-order valence-corrected chi connectivity index (χ3v) is 6.64. The van der Waals surface area contributed by atoms with Gasteiger partial charge in [0.2, 0.25) is 0 Å². The van der Waals surface area contributed by atoms with Crippen LogP contribution in [-0.2, 0) is 11.4 Å². The zero-order valence-electron chi connectivity index (χ0n) is 18.5. The topological polar surface area (TPSA) is 51.1 Å². The van der Waals surface area contributed by atoms with Crippen molar-refractivity contribution in [3.8, 4) is 11.5 Å². The molecule has 1 saturated heterocycles. The molecule has 0 saturated carbocycles. The lowest BCUT2D eigenvalue weighted by molar-refractivity contribution is -0.121. The number of rotatable bonds is 6. The predicted molar refractivity (Wildman–Crippen MR) is 138 cm³/mol. The number of amides is 1. The molecule has 3 aromatic rings. The van der Waals surface area contributed by atoms with Crippen LogP contribution in [0.3, 0.4) is 0 Å². The Morgan fingerprint density at radius 2 is 1.76 bits per heavy atom. The molecule has 0 aliphatic carbocycles. The summed E-state index contributed by atoms with van der Waals surface area (Å²) in [4.78, 5) is 19.6. The van der Waals surface area contributed by atoms with Crippen molar-refractivity contribution in [2.75, 3.05) is 14.2 Å². The summed E-state index contributed by atoms with van der Waals surface area (Å²) in [6.45, 7) is 2.46. The SMILES string of the molecule is COc1cc(/C=C2/SC(=Nc3ccc(C)cc3)N(C)C2=O)ccc1OCc1ccc(Br)cc1. The number of benzene rings is 3. The quantitative estimate of drug-likeness (QED) is 0.343. The molecule has 3 aromatic carbocycles. The molecule has 0 N–H and O–H groups in total. The highest BCUT2D eigenvalue weighted by molar-refractivity contribution is 9.10. The maximum atomic E-state index is 12.8. The molecule has 1 aliphatic heterocycles. The third kappa shape index (κ3) is 5.67. The fraction of sp³-hybridized carbons (Fsp3) is 0.154. The molecule has 0 atom stereocenters. The van der Waals surface area contributed by atoms with Crippen molar-refractivity contribution < 1.29 is 14.3 Å². The van der Waals surface area contributed by atoms with Gasteiger partial charge in [-0.3, -0.25) is 9.69 Å². The number of methoxy groups -OCH3 is 1. The Balaban J connectivity index is 1.51. The van der Waals surface area contributed by atoms with Gasteiger partial charge in [-0.25, -0.2) is 4.99 Å². The molecule has 33 heavy (non-hydrogen) atoms. The van der Waals surface area contributed by atoms with Crippen LogP contribution in [0.4, 0.5) is 5.69 Å². The summed E-state index contributed by atoms with van der Waals surface area (Å²) in [5, 5.41) is 0.650. The van der Waals surface area contributed by atoms with Crippen molar-refractivity contribution in [1.82, 2.24) is 4.90 Å². The molecule has 0 spiro atoms. The van der Waals surface area contributed by atoms with Gasteiger partial charge in [-0.1, -0.05) is 51.8 Å². The highest BCUT2D eigenvalue weighted by atomic mass is 79.9. The maximum Gasteiger partial charge on any atom is 0.266 e. The van der Waals surface area contributed by atoms with E-state index in [-0.39, 0.29) is 5.91 Å². The van der Waals surface area contributed by atoms with Crippen LogP contribution in [0.2, 0.25) is 0 Å². The Morgan fingerprint density at radius 3 is 2.45 bits per heavy atom. The lowest BCUT2D eigenvalue weighted by Gasteiger charge is -2.11. The second-order valence-corrected chi connectivity index (χ2v) is 9.45. The summed E-state index contributed by atoms with van der Waals surface area (Å²) in [6.07, 6.45) is 1.85. The minimum absolute atomic E-state index is 0.0830. The Hall–Kier alpha value is -3.03. The van der Waals surface area contributed by atoms with Crippen molar-refractivity contribution in [2.24, 2.45) is 4.99 Å². The van der Waals surface area contributed by atoms with Gasteiger partial charge in [0.1, 0.15) is 6.61 Å². The van der Waals surface area contributed by atoms with Gasteiger partial charge < -0.3 is 9.47 Å². The minimum Gasteiger partial charge on any atom is -0.493 e. The summed E-state index contributed by atoms with van der Waals surface area (Å²) in [5.74, 6) is 1.17. The zero-order chi connectivity index (χ0) is 23.4. The maximum absolute atomic E-state index is 12.8. The first kappa shape index (κ1) is 23.1. The van der Waals surface area contributed by atoms with Gasteiger partial charge in [0.25, 0.3) is 5.91 Å². The van der Waals surface area contributed by atoms with Crippen LogP contribution in [0.25, 0.3) is 6.08 Å². The Labute approximate surface area is 206 Å². The first-order chi connectivity index (χ1) is 15.9. The number of ether oxygens (including phenoxy) is 2. The number of nitrogens with zero attached hydrogens (tertiary/aromatic N) is 2. The molecule has 1 aliphatic rings. The van der Waals surface area contributed by atoms with E-state index in [9.17, 15) is 4.79 Å². The van der Waals surface area contributed by atoms with Crippen LogP contribution in [-0.4, -0.2) is 30.1 Å². The Kier molecular flexibility index (Phi) is 7.20. The number of aliphatic imine (C=N–C) groups is 1. The van der Waals surface area contributed by atoms with Crippen LogP contribution >= 0.6 is 27.7 Å². The van der Waals surface area contributed by atoms with Crippen molar-refractivity contribution in [1.29, 1.82) is 0 Å². The first-order valence-corrected chi connectivity index (χ1v) is 11.9. The van der Waals surface area contributed by atoms with E-state index in [2.05, 4.69) is 20.9 Å². The summed E-state index contributed by atoms with van der Waals surface area (Å²) in [5.41, 5.74) is 3.89. The smallest absolute Gasteiger partial charge is 0.266 e. The van der Waals surface area contributed by atoms with Crippen LogP contribution < -0.4 is 9.47 Å². The standard InChI is InChI=1S/C26H23BrN2O3S/c1-17-4-11-21(12-5-17)28-26-29(2)25(30)24(33-26)15-19-8-13-22(23(14-19)31-3)32-16-18-6-9-20(27)10-7-18/h4-15H,16H2,1-3H3/b24-15+,28-26?. The van der Waals surface area contributed by atoms with Crippen molar-refractivity contribution in [3.63, 3.8) is 0 Å². The second kappa shape index (κ2) is 10.3. The number of carbonyl (C=O) groups excluding carboxylic acids is 1. The van der Waals surface area contributed by atoms with Crippen LogP contribution in [0.1, 0.15) is 16.7 Å². The number of amidine groups is 1. The van der Waals surface area contributed by atoms with Gasteiger partial charge in [0.15, 0.2) is 16.7 Å². The molecule has 1 amide bonds. The van der Waals surface area contributed by atoms with Gasteiger partial charge in [-0.15, -0.1) is 0 Å². The molecule has 4 rings (SSSR count). The van der Waals surface area contributed by atoms with E-state index in [0.29, 0.717) is 28.2 Å². The highest BCUT2D eigenvalue weighted by Gasteiger charge is 2.30. The minimum atomic E-state index is -0.0830. The monoisotopic (exact) mass is 522 g/mol. The van der Waals surface area contributed by atoms with Gasteiger partial charge in [-0.05, 0) is 72.3 Å². The molecule has 1 heterocycles. The molecule has 0 radical (unpaired) electrons. The third-order valence-electron chi connectivity index (χ3n) is 5.06. The van der Waals surface area contributed by atoms with E-state index >= 15 is 0 Å². The number of carbonyl (C=O) groups is 1. The van der Waals surface area contributed by atoms with Crippen molar-refractivity contribution in [2.45, 2.75) is 13.5 Å². The van der Waals surface area contributed by atoms with Crippen molar-refractivity contribution >= 4 is 50.5 Å². The molecule has 1 fully saturated rings. The summed E-state index contributed by atoms with van der Waals surface area (Å²) in [7, 11) is 3.34. The number of hydrogen-bond acceptors (Lipinski definition) is 5. The van der Waals surface area contributed by atoms with Crippen LogP contribution in [0.15, 0.2) is 81.1 Å². The number of thioether (sulfide) groups is 1. The average molecular weight is 523 g/mol. The lowest BCUT2D eigenvalue weighted by atomic mass is 10.2. The Bertz CT molecular complexity index is 1220. The fourth-order valence-electron chi connectivity index (χ4n) is 3.17. The molecule has 0 aromatic heterocycles. The van der Waals surface area contributed by atoms with Crippen LogP contribution in [0, 0.1) is 6.92 Å². The second-order valence-electron chi connectivity index (χ2n) is 7.53. The summed E-state index contributed by atoms with van der Waals surface area (Å²) < 4.78 is 12.5. The van der Waals surface area contributed by atoms with E-state index in [4.69, 9.17) is 9.47 Å². The molecular weight excluding hydrogens is 500 g/mol. The molecular formula is C26H23BrN2O3S. The fourth-order valence-corrected chi connectivity index (χ4v) is 4.42. The number of aryl methyl sites for hydroxylation is 1. The van der Waals surface area contributed by atoms with Gasteiger partial charge >= 0.3 is 0 Å². The lowest BCUT2D eigenvalue weighted by Crippen LogP contribution is -2.23. The molecule has 5 nitrogen and oxygen atoms in total. The number of hydrogen-bond donors (Lipinski definition) is 0. The van der Waals surface area contributed by atoms with Crippen LogP contribution in [0.5, 0.6) is 11.5 Å². The van der Waals surface area contributed by atoms with E-state index < -0.39 is 0 Å². The number of halogens is 1. The first-order valence-electron chi connectivity index (χ1n) is 10.3. The van der Waals surface area contributed by atoms with E-state index in [1.54, 1.807) is 19.1 Å². The molecule has 168 valence electrons. The van der Waals surface area contributed by atoms with E-state index in [1.165, 1.54) is 17.3 Å². The summed E-state index contributed by atoms with van der Waals surface area (Å²) in [6, 6.07) is 21.5. The molecule has 7 heteroatoms. The number of likely N-dealkylation sites (N-methyl/N-ethyl adjacent to an activating group) is 1. The highest BCUT2D eigenvalue weighted by Crippen LogP contribution is 2.35.